The molecule has 1 N–H and O–H groups in total. The molecule has 0 saturated carbocycles. The van der Waals surface area contributed by atoms with Gasteiger partial charge in [0.2, 0.25) is 0 Å². The lowest BCUT2D eigenvalue weighted by Crippen LogP contribution is -2.41. The van der Waals surface area contributed by atoms with Gasteiger partial charge in [0.25, 0.3) is 5.56 Å². The first-order valence-corrected chi connectivity index (χ1v) is 13.1. The highest BCUT2D eigenvalue weighted by molar-refractivity contribution is 7.19. The van der Waals surface area contributed by atoms with Crippen LogP contribution >= 0.6 is 22.9 Å². The number of aromatic nitrogens is 3. The lowest BCUT2D eigenvalue weighted by molar-refractivity contribution is -0.141. The van der Waals surface area contributed by atoms with Gasteiger partial charge in [0.15, 0.2) is 0 Å². The molecule has 1 fully saturated rings. The zero-order valence-corrected chi connectivity index (χ0v) is 21.9. The number of halogens is 4. The molecule has 0 bridgehead atoms. The molecule has 7 nitrogen and oxygen atoms in total. The molecular formula is C26H24ClF3N4O3S. The van der Waals surface area contributed by atoms with Crippen LogP contribution in [0.25, 0.3) is 21.3 Å². The smallest absolute Gasteiger partial charge is 0.375 e. The van der Waals surface area contributed by atoms with Crippen LogP contribution in [0.5, 0.6) is 0 Å². The van der Waals surface area contributed by atoms with E-state index < -0.39 is 24.0 Å². The molecule has 3 aromatic heterocycles. The number of pyridine rings is 1. The summed E-state index contributed by atoms with van der Waals surface area (Å²) in [4.78, 5) is 30.1. The summed E-state index contributed by atoms with van der Waals surface area (Å²) >= 11 is 7.80. The number of fused-ring (bicyclic) bond motifs is 1. The van der Waals surface area contributed by atoms with E-state index in [-0.39, 0.29) is 12.6 Å². The van der Waals surface area contributed by atoms with E-state index in [1.807, 2.05) is 25.1 Å². The van der Waals surface area contributed by atoms with Crippen LogP contribution in [0.1, 0.15) is 16.0 Å². The van der Waals surface area contributed by atoms with E-state index in [0.717, 1.165) is 56.9 Å². The first-order chi connectivity index (χ1) is 18.1. The summed E-state index contributed by atoms with van der Waals surface area (Å²) in [5.74, 6) is 0. The standard InChI is InChI=1S/C26H24ClF3N4O3S/c1-15-8-16(27)9-21(20(15)10-17-12-31-5-7-37-17)19-2-4-32-22-11-18(38-24(19)22)13-34-23(35)3-6-33(25(34)36)14-26(28,29)30/h2-4,6,8-9,11,17,31H,5,7,10,12-14H2,1H3. The summed E-state index contributed by atoms with van der Waals surface area (Å²) < 4.78 is 46.7. The van der Waals surface area contributed by atoms with Gasteiger partial charge in [-0.05, 0) is 47.9 Å². The number of aryl methyl sites for hydroxylation is 1. The second kappa shape index (κ2) is 10.6. The van der Waals surface area contributed by atoms with Gasteiger partial charge in [0.1, 0.15) is 6.54 Å². The predicted molar refractivity (Wildman–Crippen MR) is 141 cm³/mol. The zero-order valence-electron chi connectivity index (χ0n) is 20.3. The van der Waals surface area contributed by atoms with E-state index in [2.05, 4.69) is 10.3 Å². The van der Waals surface area contributed by atoms with Crippen molar-refractivity contribution in [1.29, 1.82) is 0 Å². The molecule has 1 saturated heterocycles. The minimum atomic E-state index is -4.59. The van der Waals surface area contributed by atoms with Gasteiger partial charge in [-0.1, -0.05) is 11.6 Å². The van der Waals surface area contributed by atoms with Gasteiger partial charge in [-0.15, -0.1) is 11.3 Å². The topological polar surface area (TPSA) is 78.2 Å². The molecule has 0 radical (unpaired) electrons. The lowest BCUT2D eigenvalue weighted by Gasteiger charge is -2.25. The Hall–Kier alpha value is -2.99. The summed E-state index contributed by atoms with van der Waals surface area (Å²) in [5.41, 5.74) is 2.92. The summed E-state index contributed by atoms with van der Waals surface area (Å²) in [6.45, 7) is 2.57. The van der Waals surface area contributed by atoms with Gasteiger partial charge in [-0.2, -0.15) is 13.2 Å². The Morgan fingerprint density at radius 1 is 1.21 bits per heavy atom. The van der Waals surface area contributed by atoms with E-state index >= 15 is 0 Å². The number of hydrogen-bond acceptors (Lipinski definition) is 6. The minimum absolute atomic E-state index is 0.0161. The molecule has 1 unspecified atom stereocenters. The SMILES string of the molecule is Cc1cc(Cl)cc(-c2ccnc3cc(Cn4c(=O)ccn(CC(F)(F)F)c4=O)sc23)c1CC1CNCCO1. The maximum Gasteiger partial charge on any atom is 0.406 e. The van der Waals surface area contributed by atoms with Gasteiger partial charge in [-0.25, -0.2) is 4.79 Å². The lowest BCUT2D eigenvalue weighted by atomic mass is 9.92. The number of nitrogens with zero attached hydrogens (tertiary/aromatic N) is 3. The molecule has 1 aliphatic rings. The summed E-state index contributed by atoms with van der Waals surface area (Å²) in [5, 5.41) is 3.94. The first kappa shape index (κ1) is 26.6. The van der Waals surface area contributed by atoms with Crippen LogP contribution in [-0.2, 0) is 24.2 Å². The average molecular weight is 565 g/mol. The van der Waals surface area contributed by atoms with Gasteiger partial charge in [-0.3, -0.25) is 18.9 Å². The summed E-state index contributed by atoms with van der Waals surface area (Å²) in [6.07, 6.45) is -1.34. The number of hydrogen-bond donors (Lipinski definition) is 1. The second-order valence-corrected chi connectivity index (χ2v) is 10.8. The predicted octanol–water partition coefficient (Wildman–Crippen LogP) is 4.39. The van der Waals surface area contributed by atoms with Crippen molar-refractivity contribution in [3.05, 3.63) is 84.6 Å². The van der Waals surface area contributed by atoms with Crippen molar-refractivity contribution in [2.24, 2.45) is 0 Å². The van der Waals surface area contributed by atoms with Crippen molar-refractivity contribution >= 4 is 33.2 Å². The third kappa shape index (κ3) is 5.70. The van der Waals surface area contributed by atoms with Crippen LogP contribution < -0.4 is 16.6 Å². The van der Waals surface area contributed by atoms with Crippen LogP contribution in [0.2, 0.25) is 5.02 Å². The molecule has 200 valence electrons. The first-order valence-electron chi connectivity index (χ1n) is 12.0. The minimum Gasteiger partial charge on any atom is -0.375 e. The average Bonchev–Trinajstić information content (AvgIpc) is 3.28. The maximum atomic E-state index is 12.9. The monoisotopic (exact) mass is 564 g/mol. The molecule has 38 heavy (non-hydrogen) atoms. The molecule has 1 aromatic carbocycles. The highest BCUT2D eigenvalue weighted by Crippen LogP contribution is 2.38. The third-order valence-corrected chi connectivity index (χ3v) is 7.79. The highest BCUT2D eigenvalue weighted by Gasteiger charge is 2.29. The van der Waals surface area contributed by atoms with Crippen molar-refractivity contribution in [1.82, 2.24) is 19.4 Å². The normalized spacial score (nSPS) is 16.3. The number of alkyl halides is 3. The Morgan fingerprint density at radius 3 is 2.76 bits per heavy atom. The molecular weight excluding hydrogens is 541 g/mol. The zero-order chi connectivity index (χ0) is 27.0. The molecule has 1 atom stereocenters. The van der Waals surface area contributed by atoms with Crippen molar-refractivity contribution in [2.75, 3.05) is 19.7 Å². The number of rotatable bonds is 6. The van der Waals surface area contributed by atoms with Gasteiger partial charge in [0, 0.05) is 53.4 Å². The number of benzene rings is 1. The van der Waals surface area contributed by atoms with E-state index in [9.17, 15) is 22.8 Å². The van der Waals surface area contributed by atoms with Crippen LogP contribution in [0.3, 0.4) is 0 Å². The Morgan fingerprint density at radius 2 is 2.03 bits per heavy atom. The van der Waals surface area contributed by atoms with Crippen molar-refractivity contribution < 1.29 is 17.9 Å². The van der Waals surface area contributed by atoms with Gasteiger partial charge >= 0.3 is 11.9 Å². The van der Waals surface area contributed by atoms with Gasteiger partial charge in [0.05, 0.1) is 29.5 Å². The fourth-order valence-corrected chi connectivity index (χ4v) is 6.12. The van der Waals surface area contributed by atoms with Crippen LogP contribution in [0, 0.1) is 6.92 Å². The molecule has 1 aliphatic heterocycles. The molecule has 4 aromatic rings. The summed E-state index contributed by atoms with van der Waals surface area (Å²) in [6, 6.07) is 8.44. The van der Waals surface area contributed by atoms with Crippen molar-refractivity contribution in [3.63, 3.8) is 0 Å². The number of morpholine rings is 1. The molecule has 12 heteroatoms. The fraction of sp³-hybridized carbons (Fsp3) is 0.346. The van der Waals surface area contributed by atoms with E-state index in [4.69, 9.17) is 16.3 Å². The number of nitrogens with one attached hydrogen (secondary N) is 1. The van der Waals surface area contributed by atoms with Gasteiger partial charge < -0.3 is 10.1 Å². The van der Waals surface area contributed by atoms with E-state index in [0.29, 0.717) is 33.0 Å². The summed E-state index contributed by atoms with van der Waals surface area (Å²) in [7, 11) is 0. The Kier molecular flexibility index (Phi) is 7.45. The van der Waals surface area contributed by atoms with E-state index in [1.165, 1.54) is 11.3 Å². The van der Waals surface area contributed by atoms with Crippen LogP contribution in [0.4, 0.5) is 13.2 Å². The Bertz CT molecular complexity index is 1610. The molecule has 0 spiro atoms. The fourth-order valence-electron chi connectivity index (χ4n) is 4.71. The highest BCUT2D eigenvalue weighted by atomic mass is 35.5. The Labute approximate surface area is 224 Å². The van der Waals surface area contributed by atoms with Crippen molar-refractivity contribution in [3.8, 4) is 11.1 Å². The maximum absolute atomic E-state index is 12.9. The Balaban J connectivity index is 1.55. The number of thiophene rings is 1. The van der Waals surface area contributed by atoms with E-state index in [1.54, 1.807) is 12.3 Å². The molecule has 0 aliphatic carbocycles. The molecule has 5 rings (SSSR count). The van der Waals surface area contributed by atoms with Crippen LogP contribution in [0.15, 0.2) is 52.3 Å². The van der Waals surface area contributed by atoms with Crippen LogP contribution in [-0.4, -0.2) is 46.1 Å². The quantitative estimate of drug-likeness (QED) is 0.376. The number of ether oxygens (including phenoxy) is 1. The van der Waals surface area contributed by atoms with Crippen molar-refractivity contribution in [2.45, 2.75) is 38.7 Å². The molecule has 4 heterocycles. The largest absolute Gasteiger partial charge is 0.406 e. The third-order valence-electron chi connectivity index (χ3n) is 6.43. The second-order valence-electron chi connectivity index (χ2n) is 9.20. The molecule has 0 amide bonds.